The van der Waals surface area contributed by atoms with E-state index in [4.69, 9.17) is 18.9 Å². The lowest BCUT2D eigenvalue weighted by Crippen LogP contribution is -2.58. The van der Waals surface area contributed by atoms with Crippen molar-refractivity contribution < 1.29 is 52.5 Å². The Morgan fingerprint density at radius 2 is 1.66 bits per heavy atom. The van der Waals surface area contributed by atoms with Crippen LogP contribution in [0, 0.1) is 5.92 Å². The number of nitrogens with one attached hydrogen (secondary N) is 4. The SMILES string of the molecule is CN(C)C(=O)[C@@H](NC(=O)CNC(=O)C(=O)[C@@H]1CCCCOCCOCC[C@H](NC(=O)OC(C)(C)C)C(=O)N2C[C@@H]3OC(C)(C)C[C@@H]3[C@H]2C(=O)N1)c1ccccc1. The number of hydrogen-bond acceptors (Lipinski definition) is 11. The van der Waals surface area contributed by atoms with Gasteiger partial charge in [0, 0.05) is 46.2 Å². The standard InChI is InChI=1S/C39H58N6O11/c1-38(2,3)56-37(52)42-27-16-18-54-20-19-53-17-12-11-15-26(41-33(48)31-25-21-39(4,5)55-28(25)23-45(31)35(27)50)32(47)34(49)40-22-29(46)43-30(36(51)44(6)7)24-13-9-8-10-14-24/h8-10,13-14,25-28,30-31H,11-12,15-23H2,1-7H3,(H,40,49)(H,41,48)(H,42,52)(H,43,46)/t25-,26-,27-,28-,30-,31-/m0/s1. The van der Waals surface area contributed by atoms with Crippen LogP contribution in [-0.2, 0) is 47.7 Å². The summed E-state index contributed by atoms with van der Waals surface area (Å²) in [6.07, 6.45) is 0.167. The number of fused-ring (bicyclic) bond motifs is 3. The summed E-state index contributed by atoms with van der Waals surface area (Å²) in [6, 6.07) is 4.05. The van der Waals surface area contributed by atoms with Crippen LogP contribution in [0.15, 0.2) is 30.3 Å². The molecule has 3 saturated heterocycles. The summed E-state index contributed by atoms with van der Waals surface area (Å²) < 4.78 is 23.0. The van der Waals surface area contributed by atoms with Gasteiger partial charge in [-0.1, -0.05) is 30.3 Å². The number of alkyl carbamates (subject to hydrolysis) is 1. The highest BCUT2D eigenvalue weighted by atomic mass is 16.6. The maximum atomic E-state index is 14.3. The van der Waals surface area contributed by atoms with Crippen LogP contribution >= 0.6 is 0 Å². The minimum atomic E-state index is -1.31. The fourth-order valence-electron chi connectivity index (χ4n) is 7.15. The summed E-state index contributed by atoms with van der Waals surface area (Å²) in [7, 11) is 3.11. The summed E-state index contributed by atoms with van der Waals surface area (Å²) in [4.78, 5) is 97.1. The van der Waals surface area contributed by atoms with Gasteiger partial charge in [0.05, 0.1) is 37.5 Å². The zero-order valence-electron chi connectivity index (χ0n) is 33.5. The van der Waals surface area contributed by atoms with Gasteiger partial charge in [0.1, 0.15) is 23.7 Å². The topological polar surface area (TPSA) is 211 Å². The van der Waals surface area contributed by atoms with Crippen LogP contribution in [0.3, 0.4) is 0 Å². The molecule has 17 nitrogen and oxygen atoms in total. The van der Waals surface area contributed by atoms with Crippen molar-refractivity contribution in [1.82, 2.24) is 31.1 Å². The van der Waals surface area contributed by atoms with E-state index >= 15 is 0 Å². The Morgan fingerprint density at radius 3 is 2.32 bits per heavy atom. The number of benzene rings is 1. The number of carbonyl (C=O) groups is 7. The summed E-state index contributed by atoms with van der Waals surface area (Å²) in [5, 5.41) is 10.4. The van der Waals surface area contributed by atoms with E-state index < -0.39 is 95.3 Å². The Hall–Kier alpha value is -4.61. The number of rotatable bonds is 8. The molecule has 3 fully saturated rings. The molecule has 310 valence electrons. The molecule has 6 amide bonds. The van der Waals surface area contributed by atoms with Crippen molar-refractivity contribution >= 4 is 41.4 Å². The first kappa shape index (κ1) is 44.1. The zero-order chi connectivity index (χ0) is 41.2. The molecule has 0 saturated carbocycles. The Bertz CT molecular complexity index is 1580. The highest BCUT2D eigenvalue weighted by Crippen LogP contribution is 2.43. The van der Waals surface area contributed by atoms with Crippen molar-refractivity contribution in [3.05, 3.63) is 35.9 Å². The molecule has 3 aliphatic rings. The molecular formula is C39H58N6O11. The third kappa shape index (κ3) is 12.4. The van der Waals surface area contributed by atoms with Crippen LogP contribution in [0.25, 0.3) is 0 Å². The third-order valence-electron chi connectivity index (χ3n) is 9.68. The van der Waals surface area contributed by atoms with Crippen LogP contribution in [0.1, 0.15) is 78.3 Å². The van der Waals surface area contributed by atoms with E-state index in [-0.39, 0.29) is 39.2 Å². The highest BCUT2D eigenvalue weighted by Gasteiger charge is 2.56. The highest BCUT2D eigenvalue weighted by molar-refractivity contribution is 6.38. The van der Waals surface area contributed by atoms with Gasteiger partial charge >= 0.3 is 6.09 Å². The molecule has 4 rings (SSSR count). The van der Waals surface area contributed by atoms with Crippen molar-refractivity contribution in [2.45, 2.75) is 108 Å². The van der Waals surface area contributed by atoms with Crippen LogP contribution in [0.5, 0.6) is 0 Å². The molecule has 17 heteroatoms. The smallest absolute Gasteiger partial charge is 0.408 e. The zero-order valence-corrected chi connectivity index (χ0v) is 33.5. The van der Waals surface area contributed by atoms with E-state index in [2.05, 4.69) is 21.3 Å². The summed E-state index contributed by atoms with van der Waals surface area (Å²) >= 11 is 0. The number of amides is 6. The molecule has 4 N–H and O–H groups in total. The lowest BCUT2D eigenvalue weighted by Gasteiger charge is -2.33. The molecule has 0 aromatic heterocycles. The minimum absolute atomic E-state index is 0.0563. The molecule has 0 unspecified atom stereocenters. The van der Waals surface area contributed by atoms with Gasteiger partial charge in [-0.05, 0) is 65.9 Å². The molecule has 0 radical (unpaired) electrons. The average molecular weight is 787 g/mol. The Labute approximate surface area is 328 Å². The quantitative estimate of drug-likeness (QED) is 0.273. The molecule has 1 aromatic carbocycles. The second kappa shape index (κ2) is 19.5. The van der Waals surface area contributed by atoms with Gasteiger partial charge in [0.15, 0.2) is 0 Å². The van der Waals surface area contributed by atoms with E-state index in [1.807, 2.05) is 13.8 Å². The minimum Gasteiger partial charge on any atom is -0.444 e. The Balaban J connectivity index is 1.54. The lowest BCUT2D eigenvalue weighted by molar-refractivity contribution is -0.144. The van der Waals surface area contributed by atoms with Crippen molar-refractivity contribution in [3.8, 4) is 0 Å². The summed E-state index contributed by atoms with van der Waals surface area (Å²) in [6.45, 7) is 9.26. The molecule has 0 aliphatic carbocycles. The van der Waals surface area contributed by atoms with Crippen LogP contribution in [0.2, 0.25) is 0 Å². The molecule has 3 aliphatic heterocycles. The predicted octanol–water partition coefficient (Wildman–Crippen LogP) is 0.997. The number of ketones is 1. The fraction of sp³-hybridized carbons (Fsp3) is 0.667. The first-order valence-corrected chi connectivity index (χ1v) is 19.2. The van der Waals surface area contributed by atoms with Crippen molar-refractivity contribution in [3.63, 3.8) is 0 Å². The number of carbonyl (C=O) groups excluding carboxylic acids is 7. The van der Waals surface area contributed by atoms with E-state index in [1.165, 1.54) is 9.80 Å². The number of nitrogens with zero attached hydrogens (tertiary/aromatic N) is 2. The Kier molecular flexibility index (Phi) is 15.4. The molecule has 3 heterocycles. The lowest BCUT2D eigenvalue weighted by atomic mass is 9.89. The van der Waals surface area contributed by atoms with E-state index in [9.17, 15) is 33.6 Å². The van der Waals surface area contributed by atoms with Gasteiger partial charge in [0.25, 0.3) is 5.91 Å². The first-order chi connectivity index (χ1) is 26.4. The average Bonchev–Trinajstić information content (AvgIpc) is 3.62. The van der Waals surface area contributed by atoms with Crippen molar-refractivity contribution in [2.75, 3.05) is 53.6 Å². The second-order valence-electron chi connectivity index (χ2n) is 16.2. The summed E-state index contributed by atoms with van der Waals surface area (Å²) in [5.41, 5.74) is -0.892. The maximum Gasteiger partial charge on any atom is 0.408 e. The molecule has 0 spiro atoms. The van der Waals surface area contributed by atoms with Gasteiger partial charge in [-0.2, -0.15) is 0 Å². The van der Waals surface area contributed by atoms with E-state index in [0.717, 1.165) is 0 Å². The second-order valence-corrected chi connectivity index (χ2v) is 16.2. The number of hydrogen-bond donors (Lipinski definition) is 4. The molecular weight excluding hydrogens is 728 g/mol. The predicted molar refractivity (Wildman–Crippen MR) is 202 cm³/mol. The van der Waals surface area contributed by atoms with E-state index in [0.29, 0.717) is 31.4 Å². The largest absolute Gasteiger partial charge is 0.444 e. The van der Waals surface area contributed by atoms with Crippen LogP contribution < -0.4 is 21.3 Å². The monoisotopic (exact) mass is 786 g/mol. The number of Topliss-reactive ketones (excluding diaryl/α,β-unsaturated/α-hetero) is 1. The Morgan fingerprint density at radius 1 is 0.982 bits per heavy atom. The van der Waals surface area contributed by atoms with Crippen LogP contribution in [0.4, 0.5) is 4.79 Å². The van der Waals surface area contributed by atoms with Gasteiger partial charge in [-0.15, -0.1) is 0 Å². The third-order valence-corrected chi connectivity index (χ3v) is 9.68. The van der Waals surface area contributed by atoms with Gasteiger partial charge in [-0.25, -0.2) is 4.79 Å². The van der Waals surface area contributed by atoms with Crippen molar-refractivity contribution in [1.29, 1.82) is 0 Å². The van der Waals surface area contributed by atoms with Gasteiger partial charge in [0.2, 0.25) is 29.4 Å². The maximum absolute atomic E-state index is 14.3. The molecule has 56 heavy (non-hydrogen) atoms. The normalized spacial score (nSPS) is 25.3. The van der Waals surface area contributed by atoms with Crippen LogP contribution in [-0.4, -0.2) is 140 Å². The molecule has 0 bridgehead atoms. The molecule has 1 aromatic rings. The summed E-state index contributed by atoms with van der Waals surface area (Å²) in [5.74, 6) is -4.85. The van der Waals surface area contributed by atoms with E-state index in [1.54, 1.807) is 65.2 Å². The molecule has 6 atom stereocenters. The fourth-order valence-corrected chi connectivity index (χ4v) is 7.15. The van der Waals surface area contributed by atoms with Crippen molar-refractivity contribution in [2.24, 2.45) is 5.92 Å². The van der Waals surface area contributed by atoms with Gasteiger partial charge < -0.3 is 50.0 Å². The first-order valence-electron chi connectivity index (χ1n) is 19.2. The number of ether oxygens (including phenoxy) is 4. The van der Waals surface area contributed by atoms with Gasteiger partial charge in [-0.3, -0.25) is 28.8 Å². The number of likely N-dealkylation sites (N-methyl/N-ethyl adjacent to an activating group) is 1.